The Hall–Kier alpha value is -1.22. The Morgan fingerprint density at radius 1 is 1.16 bits per heavy atom. The highest BCUT2D eigenvalue weighted by molar-refractivity contribution is 6.17. The van der Waals surface area contributed by atoms with Crippen molar-refractivity contribution in [1.82, 2.24) is 5.32 Å². The average Bonchev–Trinajstić information content (AvgIpc) is 2.43. The number of hydrogen-bond donors (Lipinski definition) is 1. The first-order chi connectivity index (χ1) is 9.27. The second kappa shape index (κ2) is 9.68. The van der Waals surface area contributed by atoms with Crippen LogP contribution in [0.2, 0.25) is 0 Å². The molecule has 1 N–H and O–H groups in total. The Bertz CT molecular complexity index is 365. The molecule has 1 rings (SSSR count). The van der Waals surface area contributed by atoms with Crippen LogP contribution in [0.15, 0.2) is 24.3 Å². The van der Waals surface area contributed by atoms with Gasteiger partial charge in [0.25, 0.3) is 5.91 Å². The molecule has 0 radical (unpaired) electrons. The quantitative estimate of drug-likeness (QED) is 0.555. The number of unbranched alkanes of at least 4 members (excludes halogenated alkanes) is 3. The molecular weight excluding hydrogens is 262 g/mol. The first kappa shape index (κ1) is 15.8. The first-order valence-corrected chi connectivity index (χ1v) is 7.38. The number of rotatable bonds is 9. The van der Waals surface area contributed by atoms with Gasteiger partial charge < -0.3 is 10.1 Å². The SMILES string of the molecule is CCOc1ccc(C(=O)NCCCCCCCl)cc1. The highest BCUT2D eigenvalue weighted by Crippen LogP contribution is 2.12. The van der Waals surface area contributed by atoms with Crippen LogP contribution in [0.4, 0.5) is 0 Å². The first-order valence-electron chi connectivity index (χ1n) is 6.85. The molecule has 0 fully saturated rings. The third-order valence-electron chi connectivity index (χ3n) is 2.77. The van der Waals surface area contributed by atoms with Crippen molar-refractivity contribution in [1.29, 1.82) is 0 Å². The van der Waals surface area contributed by atoms with Crippen LogP contribution < -0.4 is 10.1 Å². The van der Waals surface area contributed by atoms with Crippen LogP contribution in [0.25, 0.3) is 0 Å². The van der Waals surface area contributed by atoms with Gasteiger partial charge in [-0.2, -0.15) is 0 Å². The van der Waals surface area contributed by atoms with Gasteiger partial charge in [-0.25, -0.2) is 0 Å². The molecule has 4 heteroatoms. The smallest absolute Gasteiger partial charge is 0.251 e. The van der Waals surface area contributed by atoms with E-state index in [1.807, 2.05) is 19.1 Å². The molecule has 0 aromatic heterocycles. The molecule has 19 heavy (non-hydrogen) atoms. The molecule has 0 saturated heterocycles. The molecule has 106 valence electrons. The molecular formula is C15H22ClNO2. The van der Waals surface area contributed by atoms with Crippen molar-refractivity contribution >= 4 is 17.5 Å². The van der Waals surface area contributed by atoms with Crippen LogP contribution in [0.1, 0.15) is 43.0 Å². The zero-order chi connectivity index (χ0) is 13.9. The summed E-state index contributed by atoms with van der Waals surface area (Å²) >= 11 is 5.60. The van der Waals surface area contributed by atoms with Crippen LogP contribution >= 0.6 is 11.6 Å². The van der Waals surface area contributed by atoms with E-state index >= 15 is 0 Å². The summed E-state index contributed by atoms with van der Waals surface area (Å²) in [4.78, 5) is 11.8. The maximum absolute atomic E-state index is 11.8. The maximum Gasteiger partial charge on any atom is 0.251 e. The number of nitrogens with one attached hydrogen (secondary N) is 1. The lowest BCUT2D eigenvalue weighted by Gasteiger charge is -2.06. The van der Waals surface area contributed by atoms with Crippen molar-refractivity contribution in [2.75, 3.05) is 19.0 Å². The lowest BCUT2D eigenvalue weighted by molar-refractivity contribution is 0.0953. The van der Waals surface area contributed by atoms with E-state index in [4.69, 9.17) is 16.3 Å². The van der Waals surface area contributed by atoms with Crippen molar-refractivity contribution in [3.8, 4) is 5.75 Å². The average molecular weight is 284 g/mol. The Morgan fingerprint density at radius 2 is 1.84 bits per heavy atom. The lowest BCUT2D eigenvalue weighted by atomic mass is 10.2. The Kier molecular flexibility index (Phi) is 8.07. The van der Waals surface area contributed by atoms with Crippen LogP contribution in [-0.2, 0) is 0 Å². The summed E-state index contributed by atoms with van der Waals surface area (Å²) in [7, 11) is 0. The number of carbonyl (C=O) groups excluding carboxylic acids is 1. The topological polar surface area (TPSA) is 38.3 Å². The molecule has 1 aromatic rings. The molecule has 0 aliphatic heterocycles. The fourth-order valence-electron chi connectivity index (χ4n) is 1.75. The molecule has 0 heterocycles. The zero-order valence-corrected chi connectivity index (χ0v) is 12.2. The van der Waals surface area contributed by atoms with E-state index in [-0.39, 0.29) is 5.91 Å². The van der Waals surface area contributed by atoms with Gasteiger partial charge >= 0.3 is 0 Å². The summed E-state index contributed by atoms with van der Waals surface area (Å²) in [6, 6.07) is 7.21. The van der Waals surface area contributed by atoms with E-state index in [2.05, 4.69) is 5.32 Å². The molecule has 0 unspecified atom stereocenters. The number of benzene rings is 1. The normalized spacial score (nSPS) is 10.2. The standard InChI is InChI=1S/C15H22ClNO2/c1-2-19-14-9-7-13(8-10-14)15(18)17-12-6-4-3-5-11-16/h7-10H,2-6,11-12H2,1H3,(H,17,18). The number of alkyl halides is 1. The van der Waals surface area contributed by atoms with Crippen molar-refractivity contribution in [3.05, 3.63) is 29.8 Å². The van der Waals surface area contributed by atoms with Crippen LogP contribution in [-0.4, -0.2) is 24.9 Å². The zero-order valence-electron chi connectivity index (χ0n) is 11.5. The number of carbonyl (C=O) groups is 1. The summed E-state index contributed by atoms with van der Waals surface area (Å²) in [5.41, 5.74) is 0.671. The lowest BCUT2D eigenvalue weighted by Crippen LogP contribution is -2.24. The van der Waals surface area contributed by atoms with Gasteiger partial charge in [0, 0.05) is 18.0 Å². The van der Waals surface area contributed by atoms with Gasteiger partial charge in [-0.3, -0.25) is 4.79 Å². The van der Waals surface area contributed by atoms with Gasteiger partial charge in [0.2, 0.25) is 0 Å². The fraction of sp³-hybridized carbons (Fsp3) is 0.533. The van der Waals surface area contributed by atoms with E-state index < -0.39 is 0 Å². The van der Waals surface area contributed by atoms with Crippen molar-refractivity contribution in [2.45, 2.75) is 32.6 Å². The van der Waals surface area contributed by atoms with Crippen molar-refractivity contribution < 1.29 is 9.53 Å². The van der Waals surface area contributed by atoms with Crippen molar-refractivity contribution in [2.24, 2.45) is 0 Å². The summed E-state index contributed by atoms with van der Waals surface area (Å²) in [6.45, 7) is 3.28. The molecule has 1 amide bonds. The molecule has 0 atom stereocenters. The second-order valence-corrected chi connectivity index (χ2v) is 4.69. The highest BCUT2D eigenvalue weighted by atomic mass is 35.5. The number of amides is 1. The summed E-state index contributed by atoms with van der Waals surface area (Å²) in [5, 5.41) is 2.91. The third-order valence-corrected chi connectivity index (χ3v) is 3.04. The molecule has 3 nitrogen and oxygen atoms in total. The summed E-state index contributed by atoms with van der Waals surface area (Å²) < 4.78 is 5.33. The summed E-state index contributed by atoms with van der Waals surface area (Å²) in [5.74, 6) is 1.49. The van der Waals surface area contributed by atoms with Gasteiger partial charge in [-0.1, -0.05) is 12.8 Å². The minimum absolute atomic E-state index is 0.0274. The van der Waals surface area contributed by atoms with E-state index in [9.17, 15) is 4.79 Å². The Balaban J connectivity index is 2.25. The van der Waals surface area contributed by atoms with Gasteiger partial charge in [0.05, 0.1) is 6.61 Å². The Morgan fingerprint density at radius 3 is 2.47 bits per heavy atom. The molecule has 0 bridgehead atoms. The maximum atomic E-state index is 11.8. The molecule has 0 saturated carbocycles. The minimum atomic E-state index is -0.0274. The predicted octanol–water partition coefficient (Wildman–Crippen LogP) is 3.61. The van der Waals surface area contributed by atoms with Gasteiger partial charge in [0.1, 0.15) is 5.75 Å². The molecule has 0 aliphatic rings. The largest absolute Gasteiger partial charge is 0.494 e. The molecule has 1 aromatic carbocycles. The highest BCUT2D eigenvalue weighted by Gasteiger charge is 2.04. The Labute approximate surface area is 120 Å². The van der Waals surface area contributed by atoms with Gasteiger partial charge in [0.15, 0.2) is 0 Å². The number of halogens is 1. The molecule has 0 aliphatic carbocycles. The van der Waals surface area contributed by atoms with E-state index in [0.29, 0.717) is 18.7 Å². The minimum Gasteiger partial charge on any atom is -0.494 e. The summed E-state index contributed by atoms with van der Waals surface area (Å²) in [6.07, 6.45) is 4.28. The third kappa shape index (κ3) is 6.48. The molecule has 0 spiro atoms. The van der Waals surface area contributed by atoms with Crippen LogP contribution in [0.3, 0.4) is 0 Å². The van der Waals surface area contributed by atoms with Crippen LogP contribution in [0, 0.1) is 0 Å². The van der Waals surface area contributed by atoms with Gasteiger partial charge in [-0.15, -0.1) is 11.6 Å². The van der Waals surface area contributed by atoms with Crippen molar-refractivity contribution in [3.63, 3.8) is 0 Å². The predicted molar refractivity (Wildman–Crippen MR) is 79.1 cm³/mol. The number of hydrogen-bond acceptors (Lipinski definition) is 2. The van der Waals surface area contributed by atoms with E-state index in [0.717, 1.165) is 37.3 Å². The fourth-order valence-corrected chi connectivity index (χ4v) is 1.94. The monoisotopic (exact) mass is 283 g/mol. The number of ether oxygens (including phenoxy) is 1. The van der Waals surface area contributed by atoms with E-state index in [1.54, 1.807) is 12.1 Å². The second-order valence-electron chi connectivity index (χ2n) is 4.32. The van der Waals surface area contributed by atoms with Crippen LogP contribution in [0.5, 0.6) is 5.75 Å². The van der Waals surface area contributed by atoms with E-state index in [1.165, 1.54) is 0 Å². The van der Waals surface area contributed by atoms with Gasteiger partial charge in [-0.05, 0) is 44.0 Å².